The van der Waals surface area contributed by atoms with Crippen LogP contribution in [0.3, 0.4) is 0 Å². The molecule has 0 bridgehead atoms. The van der Waals surface area contributed by atoms with E-state index in [1.165, 1.54) is 0 Å². The molecule has 0 N–H and O–H groups in total. The van der Waals surface area contributed by atoms with Crippen molar-refractivity contribution in [3.63, 3.8) is 0 Å². The van der Waals surface area contributed by atoms with Crippen molar-refractivity contribution in [3.05, 3.63) is 20.6 Å². The first-order chi connectivity index (χ1) is 4.34. The van der Waals surface area contributed by atoms with Crippen molar-refractivity contribution in [2.24, 2.45) is 10.1 Å². The molecule has 4 nitrogen and oxygen atoms in total. The van der Waals surface area contributed by atoms with Crippen LogP contribution in [0.4, 0.5) is 0 Å². The van der Waals surface area contributed by atoms with Gasteiger partial charge in [0.25, 0.3) is 0 Å². The Morgan fingerprint density at radius 1 is 1.80 bits per heavy atom. The van der Waals surface area contributed by atoms with E-state index < -0.39 is 0 Å². The van der Waals surface area contributed by atoms with Gasteiger partial charge < -0.3 is 0 Å². The Morgan fingerprint density at radius 3 is 2.90 bits per heavy atom. The van der Waals surface area contributed by atoms with Crippen LogP contribution in [0.25, 0.3) is 10.4 Å². The highest BCUT2D eigenvalue weighted by Crippen LogP contribution is 2.16. The van der Waals surface area contributed by atoms with E-state index in [9.17, 15) is 0 Å². The van der Waals surface area contributed by atoms with Crippen LogP contribution in [0.1, 0.15) is 7.43 Å². The Balaban J connectivity index is 0.000000810. The Hall–Kier alpha value is -0.800. The Kier molecular flexibility index (Phi) is 3.76. The van der Waals surface area contributed by atoms with Crippen molar-refractivity contribution >= 4 is 22.1 Å². The normalized spacial score (nSPS) is 14.5. The van der Waals surface area contributed by atoms with Crippen molar-refractivity contribution in [3.8, 4) is 0 Å². The third-order valence-electron chi connectivity index (χ3n) is 0.887. The molecule has 0 aliphatic carbocycles. The highest BCUT2D eigenvalue weighted by molar-refractivity contribution is 9.12. The molecule has 0 unspecified atom stereocenters. The van der Waals surface area contributed by atoms with Gasteiger partial charge in [-0.25, -0.2) is 0 Å². The van der Waals surface area contributed by atoms with E-state index in [4.69, 9.17) is 5.53 Å². The summed E-state index contributed by atoms with van der Waals surface area (Å²) in [5.74, 6) is 0. The van der Waals surface area contributed by atoms with Crippen LogP contribution in [0.2, 0.25) is 0 Å². The molecule has 54 valence electrons. The second-order valence-electron chi connectivity index (χ2n) is 1.45. The van der Waals surface area contributed by atoms with Gasteiger partial charge in [-0.3, -0.25) is 4.99 Å². The molecule has 0 aromatic carbocycles. The maximum Gasteiger partial charge on any atom is 0.0677 e. The molecule has 0 saturated carbocycles. The summed E-state index contributed by atoms with van der Waals surface area (Å²) < 4.78 is 0.778. The van der Waals surface area contributed by atoms with Crippen molar-refractivity contribution in [1.29, 1.82) is 0 Å². The summed E-state index contributed by atoms with van der Waals surface area (Å²) in [6.45, 7) is 0.491. The Morgan fingerprint density at radius 2 is 2.50 bits per heavy atom. The number of azide groups is 1. The van der Waals surface area contributed by atoms with Crippen molar-refractivity contribution in [1.82, 2.24) is 0 Å². The second-order valence-corrected chi connectivity index (χ2v) is 2.31. The number of hydrogen-bond acceptors (Lipinski definition) is 2. The summed E-state index contributed by atoms with van der Waals surface area (Å²) in [5, 5.41) is 3.39. The van der Waals surface area contributed by atoms with Crippen molar-refractivity contribution < 1.29 is 0 Å². The molecule has 0 fully saturated rings. The number of allylic oxidation sites excluding steroid dienone is 1. The zero-order chi connectivity index (χ0) is 6.69. The number of aliphatic imine (C=N–C) groups is 1. The summed E-state index contributed by atoms with van der Waals surface area (Å²) in [5.41, 5.74) is 8.64. The van der Waals surface area contributed by atoms with E-state index in [-0.39, 0.29) is 7.43 Å². The van der Waals surface area contributed by atoms with Gasteiger partial charge in [0.2, 0.25) is 0 Å². The molecule has 0 atom stereocenters. The fourth-order valence-corrected chi connectivity index (χ4v) is 0.845. The molecule has 1 heterocycles. The molecular formula is C5H7BrN4. The molecule has 10 heavy (non-hydrogen) atoms. The third-order valence-corrected chi connectivity index (χ3v) is 1.55. The van der Waals surface area contributed by atoms with Crippen LogP contribution < -0.4 is 0 Å². The van der Waals surface area contributed by atoms with Crippen LogP contribution >= 0.6 is 15.9 Å². The van der Waals surface area contributed by atoms with Crippen molar-refractivity contribution in [2.45, 2.75) is 7.43 Å². The SMILES string of the molecule is C.[N-]=[N+]=NC1=C(Br)C=NC1. The van der Waals surface area contributed by atoms with Gasteiger partial charge >= 0.3 is 0 Å². The Bertz CT molecular complexity index is 224. The second kappa shape index (κ2) is 4.09. The lowest BCUT2D eigenvalue weighted by Crippen LogP contribution is -1.76. The van der Waals surface area contributed by atoms with E-state index in [0.29, 0.717) is 12.2 Å². The van der Waals surface area contributed by atoms with Gasteiger partial charge in [-0.1, -0.05) is 12.5 Å². The lowest BCUT2D eigenvalue weighted by Gasteiger charge is -1.84. The zero-order valence-corrected chi connectivity index (χ0v) is 6.04. The van der Waals surface area contributed by atoms with E-state index in [1.54, 1.807) is 6.21 Å². The molecule has 1 aliphatic heterocycles. The van der Waals surface area contributed by atoms with Crippen LogP contribution in [0.5, 0.6) is 0 Å². The average molecular weight is 203 g/mol. The molecular weight excluding hydrogens is 196 g/mol. The highest BCUT2D eigenvalue weighted by Gasteiger charge is 2.03. The van der Waals surface area contributed by atoms with Crippen LogP contribution in [-0.4, -0.2) is 12.8 Å². The summed E-state index contributed by atoms with van der Waals surface area (Å²) in [4.78, 5) is 6.48. The van der Waals surface area contributed by atoms with Gasteiger partial charge in [-0.2, -0.15) is 0 Å². The fourth-order valence-electron chi connectivity index (χ4n) is 0.496. The molecule has 0 saturated heterocycles. The van der Waals surface area contributed by atoms with Gasteiger partial charge in [0.05, 0.1) is 12.2 Å². The quantitative estimate of drug-likeness (QED) is 0.357. The minimum Gasteiger partial charge on any atom is -0.287 e. The van der Waals surface area contributed by atoms with Crippen LogP contribution in [0, 0.1) is 0 Å². The average Bonchev–Trinajstić information content (AvgIpc) is 2.18. The lowest BCUT2D eigenvalue weighted by atomic mass is 10.5. The molecule has 1 aliphatic rings. The lowest BCUT2D eigenvalue weighted by molar-refractivity contribution is 1.13. The largest absolute Gasteiger partial charge is 0.287 e. The standard InChI is InChI=1S/C4H3BrN4.CH4/c5-3-1-7-2-4(3)8-9-6;/h1H,2H2;1H4. The smallest absolute Gasteiger partial charge is 0.0677 e. The van der Waals surface area contributed by atoms with Crippen LogP contribution in [0.15, 0.2) is 20.3 Å². The van der Waals surface area contributed by atoms with E-state index in [2.05, 4.69) is 30.9 Å². The van der Waals surface area contributed by atoms with E-state index >= 15 is 0 Å². The topological polar surface area (TPSA) is 61.1 Å². The maximum absolute atomic E-state index is 7.99. The number of nitrogens with zero attached hydrogens (tertiary/aromatic N) is 4. The first-order valence-electron chi connectivity index (χ1n) is 2.28. The molecule has 1 rings (SSSR count). The van der Waals surface area contributed by atoms with E-state index in [1.807, 2.05) is 0 Å². The van der Waals surface area contributed by atoms with Gasteiger partial charge in [0, 0.05) is 15.6 Å². The summed E-state index contributed by atoms with van der Waals surface area (Å²) >= 11 is 3.17. The zero-order valence-electron chi connectivity index (χ0n) is 4.45. The van der Waals surface area contributed by atoms with Gasteiger partial charge in [0.1, 0.15) is 0 Å². The number of rotatable bonds is 1. The summed E-state index contributed by atoms with van der Waals surface area (Å²) in [6.07, 6.45) is 1.63. The van der Waals surface area contributed by atoms with Gasteiger partial charge in [-0.15, -0.1) is 0 Å². The highest BCUT2D eigenvalue weighted by atomic mass is 79.9. The number of halogens is 1. The number of hydrogen-bond donors (Lipinski definition) is 0. The summed E-state index contributed by atoms with van der Waals surface area (Å²) in [6, 6.07) is 0. The van der Waals surface area contributed by atoms with E-state index in [0.717, 1.165) is 4.48 Å². The molecule has 0 radical (unpaired) electrons. The fraction of sp³-hybridized carbons (Fsp3) is 0.400. The monoisotopic (exact) mass is 202 g/mol. The predicted octanol–water partition coefficient (Wildman–Crippen LogP) is 2.62. The summed E-state index contributed by atoms with van der Waals surface area (Å²) in [7, 11) is 0. The minimum absolute atomic E-state index is 0. The van der Waals surface area contributed by atoms with Gasteiger partial charge in [-0.05, 0) is 21.5 Å². The predicted molar refractivity (Wildman–Crippen MR) is 45.2 cm³/mol. The molecule has 5 heteroatoms. The third kappa shape index (κ3) is 1.86. The first-order valence-corrected chi connectivity index (χ1v) is 3.07. The molecule has 0 aromatic rings. The van der Waals surface area contributed by atoms with Crippen LogP contribution in [-0.2, 0) is 0 Å². The molecule has 0 spiro atoms. The Labute approximate surface area is 67.4 Å². The minimum atomic E-state index is 0. The molecule has 0 amide bonds. The van der Waals surface area contributed by atoms with Crippen molar-refractivity contribution in [2.75, 3.05) is 6.54 Å². The molecule has 0 aromatic heterocycles. The van der Waals surface area contributed by atoms with Gasteiger partial charge in [0.15, 0.2) is 0 Å². The first kappa shape index (κ1) is 9.20. The maximum atomic E-state index is 7.99.